The summed E-state index contributed by atoms with van der Waals surface area (Å²) in [6.45, 7) is 4.86. The van der Waals surface area contributed by atoms with E-state index in [-0.39, 0.29) is 0 Å². The SMILES string of the molecule is Cc1nc(Nc2ccc3oc(CN4CCCC4)nc3c2)n(-c2nccc3ccccc23)n1. The summed E-state index contributed by atoms with van der Waals surface area (Å²) in [4.78, 5) is 16.3. The van der Waals surface area contributed by atoms with E-state index < -0.39 is 0 Å². The third kappa shape index (κ3) is 3.48. The summed E-state index contributed by atoms with van der Waals surface area (Å²) in [5, 5.41) is 10.1. The van der Waals surface area contributed by atoms with Crippen molar-refractivity contribution in [2.45, 2.75) is 26.3 Å². The van der Waals surface area contributed by atoms with Crippen LogP contribution in [0.2, 0.25) is 0 Å². The lowest BCUT2D eigenvalue weighted by molar-refractivity contribution is 0.295. The van der Waals surface area contributed by atoms with Gasteiger partial charge in [0.1, 0.15) is 11.3 Å². The molecule has 8 nitrogen and oxygen atoms in total. The molecule has 0 saturated carbocycles. The van der Waals surface area contributed by atoms with Crippen molar-refractivity contribution in [1.29, 1.82) is 0 Å². The normalized spacial score (nSPS) is 14.5. The highest BCUT2D eigenvalue weighted by molar-refractivity contribution is 5.88. The fraction of sp³-hybridized carbons (Fsp3) is 0.250. The Morgan fingerprint density at radius 2 is 1.91 bits per heavy atom. The zero-order valence-corrected chi connectivity index (χ0v) is 17.8. The highest BCUT2D eigenvalue weighted by Gasteiger charge is 2.17. The number of pyridine rings is 1. The molecule has 1 saturated heterocycles. The molecule has 4 heterocycles. The Kier molecular flexibility index (Phi) is 4.57. The lowest BCUT2D eigenvalue weighted by atomic mass is 10.1. The van der Waals surface area contributed by atoms with Crippen LogP contribution < -0.4 is 5.32 Å². The Morgan fingerprint density at radius 3 is 2.81 bits per heavy atom. The van der Waals surface area contributed by atoms with Crippen molar-refractivity contribution in [3.8, 4) is 5.82 Å². The molecule has 0 bridgehead atoms. The van der Waals surface area contributed by atoms with E-state index in [0.29, 0.717) is 11.8 Å². The molecule has 0 atom stereocenters. The van der Waals surface area contributed by atoms with Gasteiger partial charge in [-0.1, -0.05) is 24.3 Å². The first kappa shape index (κ1) is 18.9. The average Bonchev–Trinajstić information content (AvgIpc) is 3.53. The number of oxazole rings is 1. The van der Waals surface area contributed by atoms with Gasteiger partial charge in [-0.3, -0.25) is 4.90 Å². The Labute approximate surface area is 184 Å². The number of hydrogen-bond acceptors (Lipinski definition) is 7. The highest BCUT2D eigenvalue weighted by atomic mass is 16.3. The van der Waals surface area contributed by atoms with Gasteiger partial charge >= 0.3 is 0 Å². The number of benzene rings is 2. The molecule has 1 N–H and O–H groups in total. The second-order valence-corrected chi connectivity index (χ2v) is 8.15. The van der Waals surface area contributed by atoms with Gasteiger partial charge in [-0.05, 0) is 62.5 Å². The summed E-state index contributed by atoms with van der Waals surface area (Å²) < 4.78 is 7.71. The van der Waals surface area contributed by atoms with E-state index in [0.717, 1.165) is 58.9 Å². The van der Waals surface area contributed by atoms with Crippen LogP contribution in [0.1, 0.15) is 24.6 Å². The maximum atomic E-state index is 5.96. The standard InChI is InChI=1S/C24H23N7O/c1-16-26-24(31(29-16)23-19-7-3-2-6-17(19)10-11-25-23)27-18-8-9-21-20(14-18)28-22(32-21)15-30-12-4-5-13-30/h2-3,6-11,14H,4-5,12-13,15H2,1H3,(H,26,27,29). The van der Waals surface area contributed by atoms with Crippen molar-refractivity contribution in [3.63, 3.8) is 0 Å². The Morgan fingerprint density at radius 1 is 1.03 bits per heavy atom. The van der Waals surface area contributed by atoms with Gasteiger partial charge in [0.2, 0.25) is 11.8 Å². The maximum Gasteiger partial charge on any atom is 0.232 e. The molecule has 0 unspecified atom stereocenters. The van der Waals surface area contributed by atoms with Gasteiger partial charge in [0.15, 0.2) is 11.4 Å². The van der Waals surface area contributed by atoms with Crippen LogP contribution in [0.3, 0.4) is 0 Å². The Hall–Kier alpha value is -3.78. The molecule has 2 aromatic carbocycles. The van der Waals surface area contributed by atoms with Crippen LogP contribution in [-0.2, 0) is 6.54 Å². The molecule has 0 amide bonds. The second-order valence-electron chi connectivity index (χ2n) is 8.15. The lowest BCUT2D eigenvalue weighted by Crippen LogP contribution is -2.18. The Balaban J connectivity index is 1.33. The van der Waals surface area contributed by atoms with Crippen LogP contribution in [0.4, 0.5) is 11.6 Å². The summed E-state index contributed by atoms with van der Waals surface area (Å²) in [5.41, 5.74) is 2.49. The van der Waals surface area contributed by atoms with Gasteiger partial charge in [0.25, 0.3) is 0 Å². The van der Waals surface area contributed by atoms with Crippen LogP contribution in [0.15, 0.2) is 59.1 Å². The molecule has 160 valence electrons. The van der Waals surface area contributed by atoms with Crippen molar-refractivity contribution in [2.75, 3.05) is 18.4 Å². The predicted molar refractivity (Wildman–Crippen MR) is 123 cm³/mol. The van der Waals surface area contributed by atoms with Crippen LogP contribution in [-0.4, -0.2) is 42.7 Å². The van der Waals surface area contributed by atoms with Gasteiger partial charge in [-0.25, -0.2) is 9.97 Å². The highest BCUT2D eigenvalue weighted by Crippen LogP contribution is 2.26. The fourth-order valence-corrected chi connectivity index (χ4v) is 4.30. The summed E-state index contributed by atoms with van der Waals surface area (Å²) >= 11 is 0. The number of anilines is 2. The molecular formula is C24H23N7O. The number of rotatable bonds is 5. The second kappa shape index (κ2) is 7.72. The number of likely N-dealkylation sites (tertiary alicyclic amines) is 1. The molecule has 8 heteroatoms. The molecule has 0 radical (unpaired) electrons. The summed E-state index contributed by atoms with van der Waals surface area (Å²) in [5.74, 6) is 2.77. The van der Waals surface area contributed by atoms with Crippen molar-refractivity contribution in [2.24, 2.45) is 0 Å². The molecular weight excluding hydrogens is 402 g/mol. The van der Waals surface area contributed by atoms with Crippen molar-refractivity contribution in [1.82, 2.24) is 29.6 Å². The number of fused-ring (bicyclic) bond motifs is 2. The van der Waals surface area contributed by atoms with Crippen LogP contribution in [0.25, 0.3) is 27.7 Å². The van der Waals surface area contributed by atoms with Crippen molar-refractivity contribution in [3.05, 3.63) is 66.4 Å². The van der Waals surface area contributed by atoms with Crippen LogP contribution in [0.5, 0.6) is 0 Å². The number of hydrogen-bond donors (Lipinski definition) is 1. The molecule has 3 aromatic heterocycles. The van der Waals surface area contributed by atoms with E-state index in [1.807, 2.05) is 49.4 Å². The van der Waals surface area contributed by atoms with Crippen LogP contribution in [0, 0.1) is 6.92 Å². The van der Waals surface area contributed by atoms with E-state index >= 15 is 0 Å². The van der Waals surface area contributed by atoms with E-state index in [2.05, 4.69) is 31.3 Å². The van der Waals surface area contributed by atoms with E-state index in [1.54, 1.807) is 10.9 Å². The third-order valence-corrected chi connectivity index (χ3v) is 5.81. The smallest absolute Gasteiger partial charge is 0.232 e. The first-order chi connectivity index (χ1) is 15.7. The maximum absolute atomic E-state index is 5.96. The molecule has 0 spiro atoms. The fourth-order valence-electron chi connectivity index (χ4n) is 4.30. The van der Waals surface area contributed by atoms with Gasteiger partial charge in [0.05, 0.1) is 6.54 Å². The number of aryl methyl sites for hydroxylation is 1. The molecule has 1 fully saturated rings. The minimum atomic E-state index is 0.603. The number of nitrogens with zero attached hydrogens (tertiary/aromatic N) is 6. The molecule has 6 rings (SSSR count). The number of aromatic nitrogens is 5. The van der Waals surface area contributed by atoms with Crippen molar-refractivity contribution < 1.29 is 4.42 Å². The summed E-state index contributed by atoms with van der Waals surface area (Å²) in [7, 11) is 0. The van der Waals surface area contributed by atoms with E-state index in [9.17, 15) is 0 Å². The molecule has 0 aliphatic carbocycles. The molecule has 1 aliphatic rings. The lowest BCUT2D eigenvalue weighted by Gasteiger charge is -2.10. The van der Waals surface area contributed by atoms with Crippen molar-refractivity contribution >= 4 is 33.5 Å². The molecule has 1 aliphatic heterocycles. The zero-order chi connectivity index (χ0) is 21.5. The van der Waals surface area contributed by atoms with Gasteiger partial charge in [-0.2, -0.15) is 9.67 Å². The van der Waals surface area contributed by atoms with Crippen LogP contribution >= 0.6 is 0 Å². The first-order valence-corrected chi connectivity index (χ1v) is 10.9. The van der Waals surface area contributed by atoms with Gasteiger partial charge < -0.3 is 9.73 Å². The average molecular weight is 425 g/mol. The predicted octanol–water partition coefficient (Wildman–Crippen LogP) is 4.60. The van der Waals surface area contributed by atoms with E-state index in [4.69, 9.17) is 9.40 Å². The van der Waals surface area contributed by atoms with Gasteiger partial charge in [0, 0.05) is 17.3 Å². The largest absolute Gasteiger partial charge is 0.439 e. The molecule has 5 aromatic rings. The zero-order valence-electron chi connectivity index (χ0n) is 17.8. The summed E-state index contributed by atoms with van der Waals surface area (Å²) in [6.07, 6.45) is 4.29. The monoisotopic (exact) mass is 425 g/mol. The molecule has 32 heavy (non-hydrogen) atoms. The number of nitrogens with one attached hydrogen (secondary N) is 1. The summed E-state index contributed by atoms with van der Waals surface area (Å²) in [6, 6.07) is 16.0. The minimum absolute atomic E-state index is 0.603. The Bertz CT molecular complexity index is 1410. The topological polar surface area (TPSA) is 84.9 Å². The minimum Gasteiger partial charge on any atom is -0.439 e. The van der Waals surface area contributed by atoms with Gasteiger partial charge in [-0.15, -0.1) is 5.10 Å². The third-order valence-electron chi connectivity index (χ3n) is 5.81. The first-order valence-electron chi connectivity index (χ1n) is 10.9. The quantitative estimate of drug-likeness (QED) is 0.440. The van der Waals surface area contributed by atoms with E-state index in [1.165, 1.54) is 12.8 Å².